The fraction of sp³-hybridized carbons (Fsp3) is 0.500. The van der Waals surface area contributed by atoms with Crippen LogP contribution in [0.4, 0.5) is 11.5 Å². The minimum absolute atomic E-state index is 0.00257. The molecule has 0 radical (unpaired) electrons. The second kappa shape index (κ2) is 8.00. The van der Waals surface area contributed by atoms with E-state index in [0.717, 1.165) is 25.7 Å². The molecule has 0 aliphatic carbocycles. The summed E-state index contributed by atoms with van der Waals surface area (Å²) in [6, 6.07) is 3.11. The molecule has 0 saturated carbocycles. The van der Waals surface area contributed by atoms with Crippen LogP contribution in [0.15, 0.2) is 12.3 Å². The van der Waals surface area contributed by atoms with E-state index in [1.807, 2.05) is 0 Å². The van der Waals surface area contributed by atoms with E-state index >= 15 is 0 Å². The van der Waals surface area contributed by atoms with Gasteiger partial charge >= 0.3 is 5.69 Å². The summed E-state index contributed by atoms with van der Waals surface area (Å²) in [6.45, 7) is 0.735. The Bertz CT molecular complexity index is 471. The van der Waals surface area contributed by atoms with Gasteiger partial charge in [0.25, 0.3) is 0 Å². The van der Waals surface area contributed by atoms with Gasteiger partial charge in [0.1, 0.15) is 11.6 Å². The molecule has 0 atom stereocenters. The summed E-state index contributed by atoms with van der Waals surface area (Å²) in [6.07, 6.45) is 4.82. The largest absolute Gasteiger partial charge is 0.396 e. The third-order valence-corrected chi connectivity index (χ3v) is 2.60. The van der Waals surface area contributed by atoms with Crippen LogP contribution in [0.1, 0.15) is 31.2 Å². The number of unbranched alkanes of at least 4 members (excludes halogenated alkanes) is 3. The smallest absolute Gasteiger partial charge is 0.328 e. The molecule has 0 aliphatic rings. The van der Waals surface area contributed by atoms with Gasteiger partial charge in [0.05, 0.1) is 4.92 Å². The summed E-state index contributed by atoms with van der Waals surface area (Å²) in [7, 11) is 0. The summed E-state index contributed by atoms with van der Waals surface area (Å²) in [5.41, 5.74) is -0.275. The Morgan fingerprint density at radius 2 is 2.16 bits per heavy atom. The topological polar surface area (TPSA) is 112 Å². The number of aliphatic hydroxyl groups excluding tert-OH is 1. The van der Waals surface area contributed by atoms with Gasteiger partial charge in [-0.25, -0.2) is 4.98 Å². The number of nitrogens with zero attached hydrogens (tertiary/aromatic N) is 3. The number of nitro groups is 1. The van der Waals surface area contributed by atoms with Crippen LogP contribution >= 0.6 is 0 Å². The fourth-order valence-electron chi connectivity index (χ4n) is 1.66. The van der Waals surface area contributed by atoms with Crippen molar-refractivity contribution in [2.45, 2.75) is 25.7 Å². The van der Waals surface area contributed by atoms with Gasteiger partial charge in [-0.3, -0.25) is 10.1 Å². The maximum atomic E-state index is 10.9. The van der Waals surface area contributed by atoms with Crippen molar-refractivity contribution < 1.29 is 10.0 Å². The average molecular weight is 264 g/mol. The second-order valence-electron chi connectivity index (χ2n) is 3.99. The van der Waals surface area contributed by atoms with Crippen molar-refractivity contribution >= 4 is 11.5 Å². The van der Waals surface area contributed by atoms with E-state index < -0.39 is 4.92 Å². The quantitative estimate of drug-likeness (QED) is 0.421. The van der Waals surface area contributed by atoms with E-state index in [9.17, 15) is 10.1 Å². The zero-order chi connectivity index (χ0) is 14.1. The van der Waals surface area contributed by atoms with Crippen molar-refractivity contribution in [3.8, 4) is 6.07 Å². The van der Waals surface area contributed by atoms with E-state index in [4.69, 9.17) is 10.4 Å². The van der Waals surface area contributed by atoms with Crippen molar-refractivity contribution in [2.75, 3.05) is 18.5 Å². The lowest BCUT2D eigenvalue weighted by Crippen LogP contribution is -2.07. The lowest BCUT2D eigenvalue weighted by molar-refractivity contribution is -0.384. The Morgan fingerprint density at radius 1 is 1.42 bits per heavy atom. The van der Waals surface area contributed by atoms with Gasteiger partial charge in [-0.05, 0) is 18.9 Å². The van der Waals surface area contributed by atoms with Gasteiger partial charge in [-0.2, -0.15) is 5.26 Å². The molecule has 102 valence electrons. The van der Waals surface area contributed by atoms with Crippen LogP contribution < -0.4 is 5.32 Å². The molecule has 1 aromatic rings. The molecule has 1 rings (SSSR count). The number of anilines is 1. The highest BCUT2D eigenvalue weighted by atomic mass is 16.6. The number of nitriles is 1. The first-order chi connectivity index (χ1) is 9.20. The predicted molar refractivity (Wildman–Crippen MR) is 69.6 cm³/mol. The van der Waals surface area contributed by atoms with Gasteiger partial charge in [0.15, 0.2) is 0 Å². The van der Waals surface area contributed by atoms with Crippen LogP contribution in [-0.2, 0) is 0 Å². The summed E-state index contributed by atoms with van der Waals surface area (Å²) in [4.78, 5) is 14.2. The summed E-state index contributed by atoms with van der Waals surface area (Å²) in [5.74, 6) is 0.131. The van der Waals surface area contributed by atoms with Gasteiger partial charge < -0.3 is 10.4 Å². The number of pyridine rings is 1. The first-order valence-corrected chi connectivity index (χ1v) is 6.09. The molecule has 2 N–H and O–H groups in total. The Morgan fingerprint density at radius 3 is 2.79 bits per heavy atom. The Kier molecular flexibility index (Phi) is 6.26. The number of aromatic nitrogens is 1. The third-order valence-electron chi connectivity index (χ3n) is 2.60. The van der Waals surface area contributed by atoms with Crippen molar-refractivity contribution in [1.29, 1.82) is 5.26 Å². The molecule has 0 unspecified atom stereocenters. The molecule has 0 aliphatic heterocycles. The summed E-state index contributed by atoms with van der Waals surface area (Å²) < 4.78 is 0. The predicted octanol–water partition coefficient (Wildman–Crippen LogP) is 1.83. The molecule has 0 spiro atoms. The Labute approximate surface area is 111 Å². The molecular weight excluding hydrogens is 248 g/mol. The van der Waals surface area contributed by atoms with Crippen LogP contribution in [0, 0.1) is 21.4 Å². The lowest BCUT2D eigenvalue weighted by Gasteiger charge is -2.06. The normalized spacial score (nSPS) is 9.89. The van der Waals surface area contributed by atoms with E-state index in [1.165, 1.54) is 12.3 Å². The van der Waals surface area contributed by atoms with Crippen molar-refractivity contribution in [3.05, 3.63) is 27.9 Å². The van der Waals surface area contributed by atoms with Gasteiger partial charge in [0.2, 0.25) is 5.82 Å². The number of hydrogen-bond donors (Lipinski definition) is 2. The fourth-order valence-corrected chi connectivity index (χ4v) is 1.66. The van der Waals surface area contributed by atoms with E-state index in [0.29, 0.717) is 6.54 Å². The lowest BCUT2D eigenvalue weighted by atomic mass is 10.2. The first-order valence-electron chi connectivity index (χ1n) is 6.09. The number of rotatable bonds is 8. The van der Waals surface area contributed by atoms with Crippen LogP contribution in [-0.4, -0.2) is 28.2 Å². The summed E-state index contributed by atoms with van der Waals surface area (Å²) >= 11 is 0. The second-order valence-corrected chi connectivity index (χ2v) is 3.99. The van der Waals surface area contributed by atoms with Crippen molar-refractivity contribution in [3.63, 3.8) is 0 Å². The van der Waals surface area contributed by atoms with Gasteiger partial charge in [-0.15, -0.1) is 0 Å². The van der Waals surface area contributed by atoms with E-state index in [2.05, 4.69) is 10.3 Å². The van der Waals surface area contributed by atoms with E-state index in [-0.39, 0.29) is 23.7 Å². The molecule has 0 aromatic carbocycles. The van der Waals surface area contributed by atoms with Crippen molar-refractivity contribution in [2.24, 2.45) is 0 Å². The molecule has 0 amide bonds. The van der Waals surface area contributed by atoms with Crippen LogP contribution in [0.25, 0.3) is 0 Å². The van der Waals surface area contributed by atoms with Crippen LogP contribution in [0.2, 0.25) is 0 Å². The van der Waals surface area contributed by atoms with Crippen molar-refractivity contribution in [1.82, 2.24) is 4.98 Å². The molecule has 0 saturated heterocycles. The van der Waals surface area contributed by atoms with E-state index in [1.54, 1.807) is 6.07 Å². The number of aliphatic hydroxyl groups is 1. The molecule has 1 heterocycles. The molecule has 0 fully saturated rings. The zero-order valence-electron chi connectivity index (χ0n) is 10.5. The maximum absolute atomic E-state index is 10.9. The Balaban J connectivity index is 2.59. The zero-order valence-corrected chi connectivity index (χ0v) is 10.5. The van der Waals surface area contributed by atoms with Crippen LogP contribution in [0.5, 0.6) is 0 Å². The monoisotopic (exact) mass is 264 g/mol. The SMILES string of the molecule is N#Cc1ccnc(NCCCCCCO)c1[N+](=O)[O-]. The molecule has 0 bridgehead atoms. The highest BCUT2D eigenvalue weighted by Gasteiger charge is 2.20. The highest BCUT2D eigenvalue weighted by molar-refractivity contribution is 5.63. The molecule has 7 nitrogen and oxygen atoms in total. The summed E-state index contributed by atoms with van der Waals surface area (Å²) in [5, 5.41) is 31.3. The molecular formula is C12H16N4O3. The Hall–Kier alpha value is -2.20. The standard InChI is InChI=1S/C12H16N4O3/c13-9-10-5-7-15-12(11(10)16(18)19)14-6-3-1-2-4-8-17/h5,7,17H,1-4,6,8H2,(H,14,15). The van der Waals surface area contributed by atoms with Crippen LogP contribution in [0.3, 0.4) is 0 Å². The maximum Gasteiger partial charge on any atom is 0.328 e. The van der Waals surface area contributed by atoms with Gasteiger partial charge in [0, 0.05) is 19.3 Å². The molecule has 7 heteroatoms. The first kappa shape index (κ1) is 14.9. The minimum atomic E-state index is -0.598. The molecule has 19 heavy (non-hydrogen) atoms. The molecule has 1 aromatic heterocycles. The minimum Gasteiger partial charge on any atom is -0.396 e. The highest BCUT2D eigenvalue weighted by Crippen LogP contribution is 2.25. The van der Waals surface area contributed by atoms with Gasteiger partial charge in [-0.1, -0.05) is 12.8 Å². The number of hydrogen-bond acceptors (Lipinski definition) is 6. The number of nitrogens with one attached hydrogen (secondary N) is 1. The third kappa shape index (κ3) is 4.52. The average Bonchev–Trinajstić information content (AvgIpc) is 2.42.